The van der Waals surface area contributed by atoms with Crippen LogP contribution < -0.4 is 0 Å². The summed E-state index contributed by atoms with van der Waals surface area (Å²) in [6.07, 6.45) is -0.472. The first-order chi connectivity index (χ1) is 10.2. The van der Waals surface area contributed by atoms with Gasteiger partial charge in [0.05, 0.1) is 5.56 Å². The fraction of sp³-hybridized carbons (Fsp3) is 0.125. The Labute approximate surface area is 120 Å². The van der Waals surface area contributed by atoms with E-state index in [1.54, 1.807) is 19.2 Å². The lowest BCUT2D eigenvalue weighted by Crippen LogP contribution is -2.03. The molecule has 2 aromatic carbocycles. The highest BCUT2D eigenvalue weighted by Gasteiger charge is 2.22. The monoisotopic (exact) mass is 283 g/mol. The van der Waals surface area contributed by atoms with Crippen LogP contribution in [0.5, 0.6) is 0 Å². The van der Waals surface area contributed by atoms with Gasteiger partial charge in [0.25, 0.3) is 0 Å². The van der Waals surface area contributed by atoms with Gasteiger partial charge in [-0.1, -0.05) is 36.4 Å². The molecule has 1 N–H and O–H groups in total. The second-order valence-electron chi connectivity index (χ2n) is 4.54. The number of ether oxygens (including phenoxy) is 1. The number of oxazole rings is 1. The zero-order chi connectivity index (χ0) is 14.8. The van der Waals surface area contributed by atoms with Gasteiger partial charge in [-0.25, -0.2) is 9.78 Å². The van der Waals surface area contributed by atoms with E-state index in [0.29, 0.717) is 17.0 Å². The smallest absolute Gasteiger partial charge is 0.338 e. The van der Waals surface area contributed by atoms with Gasteiger partial charge in [0, 0.05) is 7.11 Å². The third-order valence-electron chi connectivity index (χ3n) is 3.23. The average molecular weight is 283 g/mol. The Morgan fingerprint density at radius 1 is 1.19 bits per heavy atom. The number of carboxylic acid groups (broad SMARTS) is 1. The number of rotatable bonds is 4. The molecule has 5 nitrogen and oxygen atoms in total. The maximum atomic E-state index is 11.2. The Kier molecular flexibility index (Phi) is 3.41. The fourth-order valence-corrected chi connectivity index (χ4v) is 2.26. The molecule has 5 heteroatoms. The van der Waals surface area contributed by atoms with Crippen molar-refractivity contribution in [2.75, 3.05) is 7.11 Å². The molecule has 0 amide bonds. The number of nitrogens with zero attached hydrogens (tertiary/aromatic N) is 1. The zero-order valence-electron chi connectivity index (χ0n) is 11.3. The Morgan fingerprint density at radius 2 is 1.95 bits per heavy atom. The first-order valence-corrected chi connectivity index (χ1v) is 6.41. The minimum Gasteiger partial charge on any atom is -0.478 e. The van der Waals surface area contributed by atoms with E-state index in [-0.39, 0.29) is 5.56 Å². The summed E-state index contributed by atoms with van der Waals surface area (Å²) in [6.45, 7) is 0. The van der Waals surface area contributed by atoms with Crippen LogP contribution in [0.4, 0.5) is 0 Å². The second-order valence-corrected chi connectivity index (χ2v) is 4.54. The van der Waals surface area contributed by atoms with Crippen LogP contribution in [-0.4, -0.2) is 23.2 Å². The largest absolute Gasteiger partial charge is 0.478 e. The molecule has 1 unspecified atom stereocenters. The molecule has 0 aliphatic carbocycles. The molecule has 1 atom stereocenters. The van der Waals surface area contributed by atoms with Crippen molar-refractivity contribution >= 4 is 17.1 Å². The molecule has 1 aromatic heterocycles. The third-order valence-corrected chi connectivity index (χ3v) is 3.23. The minimum atomic E-state index is -1.03. The van der Waals surface area contributed by atoms with E-state index in [0.717, 1.165) is 5.56 Å². The van der Waals surface area contributed by atoms with E-state index in [4.69, 9.17) is 9.15 Å². The number of hydrogen-bond donors (Lipinski definition) is 1. The van der Waals surface area contributed by atoms with Gasteiger partial charge in [0.15, 0.2) is 11.7 Å². The first kappa shape index (κ1) is 13.3. The van der Waals surface area contributed by atoms with Crippen molar-refractivity contribution in [2.24, 2.45) is 0 Å². The summed E-state index contributed by atoms with van der Waals surface area (Å²) in [5.74, 6) is -0.693. The van der Waals surface area contributed by atoms with Crippen LogP contribution in [0.25, 0.3) is 11.1 Å². The van der Waals surface area contributed by atoms with Gasteiger partial charge < -0.3 is 14.3 Å². The lowest BCUT2D eigenvalue weighted by molar-refractivity contribution is 0.0698. The molecule has 21 heavy (non-hydrogen) atoms. The molecule has 3 aromatic rings. The van der Waals surface area contributed by atoms with Crippen LogP contribution in [0.1, 0.15) is 27.9 Å². The minimum absolute atomic E-state index is 0.116. The summed E-state index contributed by atoms with van der Waals surface area (Å²) in [5, 5.41) is 9.19. The van der Waals surface area contributed by atoms with Gasteiger partial charge in [-0.2, -0.15) is 0 Å². The molecule has 0 aliphatic rings. The molecular formula is C16H13NO4. The van der Waals surface area contributed by atoms with Crippen LogP contribution in [0, 0.1) is 0 Å². The van der Waals surface area contributed by atoms with E-state index in [1.165, 1.54) is 6.07 Å². The highest BCUT2D eigenvalue weighted by molar-refractivity contribution is 6.00. The van der Waals surface area contributed by atoms with Crippen LogP contribution >= 0.6 is 0 Å². The maximum absolute atomic E-state index is 11.2. The average Bonchev–Trinajstić information content (AvgIpc) is 2.92. The van der Waals surface area contributed by atoms with Crippen molar-refractivity contribution in [2.45, 2.75) is 6.10 Å². The Hall–Kier alpha value is -2.66. The zero-order valence-corrected chi connectivity index (χ0v) is 11.3. The van der Waals surface area contributed by atoms with Gasteiger partial charge in [-0.15, -0.1) is 0 Å². The van der Waals surface area contributed by atoms with E-state index >= 15 is 0 Å². The number of methoxy groups -OCH3 is 1. The lowest BCUT2D eigenvalue weighted by Gasteiger charge is -2.11. The molecule has 0 fully saturated rings. The van der Waals surface area contributed by atoms with E-state index in [2.05, 4.69) is 4.98 Å². The van der Waals surface area contributed by atoms with Gasteiger partial charge >= 0.3 is 5.97 Å². The first-order valence-electron chi connectivity index (χ1n) is 6.41. The van der Waals surface area contributed by atoms with Gasteiger partial charge in [0.2, 0.25) is 5.89 Å². The number of fused-ring (bicyclic) bond motifs is 1. The Morgan fingerprint density at radius 3 is 2.62 bits per heavy atom. The predicted molar refractivity (Wildman–Crippen MR) is 76.3 cm³/mol. The van der Waals surface area contributed by atoms with Gasteiger partial charge in [0.1, 0.15) is 5.52 Å². The summed E-state index contributed by atoms with van der Waals surface area (Å²) in [7, 11) is 1.56. The Bertz CT molecular complexity index is 779. The number of benzene rings is 2. The van der Waals surface area contributed by atoms with Crippen molar-refractivity contribution in [1.82, 2.24) is 4.98 Å². The standard InChI is InChI=1S/C16H13NO4/c1-20-14(10-6-3-2-4-7-10)15-17-13-11(16(18)19)8-5-9-12(13)21-15/h2-9,14H,1H3,(H,18,19). The van der Waals surface area contributed by atoms with E-state index < -0.39 is 12.1 Å². The van der Waals surface area contributed by atoms with Crippen molar-refractivity contribution in [1.29, 1.82) is 0 Å². The molecule has 0 radical (unpaired) electrons. The van der Waals surface area contributed by atoms with Gasteiger partial charge in [-0.05, 0) is 17.7 Å². The Balaban J connectivity index is 2.12. The maximum Gasteiger partial charge on any atom is 0.338 e. The topological polar surface area (TPSA) is 72.6 Å². The van der Waals surface area contributed by atoms with Crippen molar-refractivity contribution in [3.63, 3.8) is 0 Å². The number of hydrogen-bond acceptors (Lipinski definition) is 4. The highest BCUT2D eigenvalue weighted by atomic mass is 16.5. The molecule has 0 bridgehead atoms. The number of para-hydroxylation sites is 1. The summed E-state index contributed by atoms with van der Waals surface area (Å²) in [5.41, 5.74) is 1.77. The molecule has 0 saturated carbocycles. The van der Waals surface area contributed by atoms with Crippen molar-refractivity contribution < 1.29 is 19.1 Å². The van der Waals surface area contributed by atoms with Crippen LogP contribution in [0.3, 0.4) is 0 Å². The third kappa shape index (κ3) is 2.39. The molecule has 0 spiro atoms. The number of aromatic nitrogens is 1. The van der Waals surface area contributed by atoms with Gasteiger partial charge in [-0.3, -0.25) is 0 Å². The summed E-state index contributed by atoms with van der Waals surface area (Å²) in [4.78, 5) is 15.5. The van der Waals surface area contributed by atoms with Crippen LogP contribution in [0.2, 0.25) is 0 Å². The number of aromatic carboxylic acids is 1. The molecule has 0 aliphatic heterocycles. The summed E-state index contributed by atoms with van der Waals surface area (Å²) in [6, 6.07) is 14.3. The normalized spacial score (nSPS) is 12.4. The number of carboxylic acids is 1. The predicted octanol–water partition coefficient (Wildman–Crippen LogP) is 3.26. The second kappa shape index (κ2) is 5.38. The molecule has 3 rings (SSSR count). The summed E-state index contributed by atoms with van der Waals surface area (Å²) >= 11 is 0. The quantitative estimate of drug-likeness (QED) is 0.795. The van der Waals surface area contributed by atoms with Crippen LogP contribution in [0.15, 0.2) is 52.9 Å². The van der Waals surface area contributed by atoms with Crippen molar-refractivity contribution in [3.8, 4) is 0 Å². The van der Waals surface area contributed by atoms with E-state index in [1.807, 2.05) is 30.3 Å². The number of carbonyl (C=O) groups is 1. The molecule has 106 valence electrons. The van der Waals surface area contributed by atoms with Crippen LogP contribution in [-0.2, 0) is 4.74 Å². The fourth-order valence-electron chi connectivity index (χ4n) is 2.26. The van der Waals surface area contributed by atoms with E-state index in [9.17, 15) is 9.90 Å². The molecule has 0 saturated heterocycles. The highest BCUT2D eigenvalue weighted by Crippen LogP contribution is 2.29. The molecular weight excluding hydrogens is 270 g/mol. The van der Waals surface area contributed by atoms with Crippen molar-refractivity contribution in [3.05, 3.63) is 65.5 Å². The molecule has 1 heterocycles. The lowest BCUT2D eigenvalue weighted by atomic mass is 10.1. The summed E-state index contributed by atoms with van der Waals surface area (Å²) < 4.78 is 11.1. The SMILES string of the molecule is COC(c1ccccc1)c1nc2c(C(=O)O)cccc2o1.